The van der Waals surface area contributed by atoms with E-state index in [2.05, 4.69) is 5.32 Å². The smallest absolute Gasteiger partial charge is 0.223 e. The average molecular weight is 305 g/mol. The lowest BCUT2D eigenvalue weighted by molar-refractivity contribution is -0.121. The topological polar surface area (TPSA) is 47.6 Å². The van der Waals surface area contributed by atoms with Gasteiger partial charge >= 0.3 is 0 Å². The Morgan fingerprint density at radius 3 is 2.48 bits per heavy atom. The maximum absolute atomic E-state index is 11.7. The second kappa shape index (κ2) is 8.32. The number of ether oxygens (including phenoxy) is 2. The number of nitrogens with one attached hydrogen (secondary N) is 1. The fourth-order valence-electron chi connectivity index (χ4n) is 1.75. The molecule has 112 valence electrons. The van der Waals surface area contributed by atoms with E-state index < -0.39 is 0 Å². The predicted molar refractivity (Wildman–Crippen MR) is 83.9 cm³/mol. The number of hydrogen-bond acceptors (Lipinski definition) is 4. The monoisotopic (exact) mass is 305 g/mol. The minimum absolute atomic E-state index is 0.00524. The van der Waals surface area contributed by atoms with Crippen molar-refractivity contribution in [3.8, 4) is 11.5 Å². The zero-order valence-electron chi connectivity index (χ0n) is 12.0. The number of amides is 1. The fourth-order valence-corrected chi connectivity index (χ4v) is 2.39. The first-order valence-corrected chi connectivity index (χ1v) is 7.80. The van der Waals surface area contributed by atoms with Crippen LogP contribution in [0.3, 0.4) is 0 Å². The first-order valence-electron chi connectivity index (χ1n) is 6.92. The number of thiophene rings is 1. The van der Waals surface area contributed by atoms with Crippen LogP contribution >= 0.6 is 11.3 Å². The lowest BCUT2D eigenvalue weighted by Crippen LogP contribution is -2.23. The van der Waals surface area contributed by atoms with Crippen LogP contribution in [0.2, 0.25) is 0 Å². The molecule has 1 aromatic carbocycles. The van der Waals surface area contributed by atoms with Crippen LogP contribution in [0.25, 0.3) is 0 Å². The van der Waals surface area contributed by atoms with Gasteiger partial charge in [-0.3, -0.25) is 4.79 Å². The van der Waals surface area contributed by atoms with E-state index in [0.29, 0.717) is 26.2 Å². The molecule has 0 spiro atoms. The van der Waals surface area contributed by atoms with Gasteiger partial charge in [-0.15, -0.1) is 11.3 Å². The van der Waals surface area contributed by atoms with Crippen molar-refractivity contribution in [3.05, 3.63) is 46.7 Å². The Bertz CT molecular complexity index is 537. The summed E-state index contributed by atoms with van der Waals surface area (Å²) in [5, 5.41) is 4.87. The molecular weight excluding hydrogens is 286 g/mol. The highest BCUT2D eigenvalue weighted by atomic mass is 32.1. The summed E-state index contributed by atoms with van der Waals surface area (Å²) in [7, 11) is 0. The third-order valence-electron chi connectivity index (χ3n) is 2.77. The van der Waals surface area contributed by atoms with Crippen LogP contribution in [-0.4, -0.2) is 19.1 Å². The third-order valence-corrected chi connectivity index (χ3v) is 3.65. The largest absolute Gasteiger partial charge is 0.494 e. The molecule has 0 unspecified atom stereocenters. The Hall–Kier alpha value is -2.01. The van der Waals surface area contributed by atoms with E-state index >= 15 is 0 Å². The number of hydrogen-bond donors (Lipinski definition) is 1. The second-order valence-electron chi connectivity index (χ2n) is 4.36. The molecule has 0 aliphatic heterocycles. The van der Waals surface area contributed by atoms with Gasteiger partial charge in [-0.1, -0.05) is 6.07 Å². The second-order valence-corrected chi connectivity index (χ2v) is 5.39. The van der Waals surface area contributed by atoms with Crippen molar-refractivity contribution in [1.29, 1.82) is 0 Å². The van der Waals surface area contributed by atoms with Gasteiger partial charge in [0.25, 0.3) is 0 Å². The molecule has 0 radical (unpaired) electrons. The van der Waals surface area contributed by atoms with Gasteiger partial charge in [-0.05, 0) is 42.6 Å². The minimum atomic E-state index is -0.00524. The summed E-state index contributed by atoms with van der Waals surface area (Å²) in [5.41, 5.74) is 0. The molecular formula is C16H19NO3S. The molecule has 21 heavy (non-hydrogen) atoms. The van der Waals surface area contributed by atoms with E-state index in [1.807, 2.05) is 48.7 Å². The summed E-state index contributed by atoms with van der Waals surface area (Å²) in [6.45, 7) is 3.54. The maximum Gasteiger partial charge on any atom is 0.223 e. The lowest BCUT2D eigenvalue weighted by atomic mass is 10.3. The minimum Gasteiger partial charge on any atom is -0.494 e. The molecule has 0 aliphatic rings. The molecule has 0 saturated carbocycles. The first kappa shape index (κ1) is 15.4. The quantitative estimate of drug-likeness (QED) is 0.814. The Morgan fingerprint density at radius 2 is 1.86 bits per heavy atom. The van der Waals surface area contributed by atoms with Gasteiger partial charge in [0.2, 0.25) is 5.91 Å². The van der Waals surface area contributed by atoms with Gasteiger partial charge in [0.05, 0.1) is 26.2 Å². The van der Waals surface area contributed by atoms with Crippen LogP contribution in [-0.2, 0) is 11.3 Å². The van der Waals surface area contributed by atoms with Crippen molar-refractivity contribution in [3.63, 3.8) is 0 Å². The van der Waals surface area contributed by atoms with E-state index in [1.54, 1.807) is 11.3 Å². The highest BCUT2D eigenvalue weighted by Gasteiger charge is 2.03. The van der Waals surface area contributed by atoms with Crippen molar-refractivity contribution >= 4 is 17.2 Å². The Kier molecular flexibility index (Phi) is 6.09. The Labute approximate surface area is 128 Å². The maximum atomic E-state index is 11.7. The average Bonchev–Trinajstić information content (AvgIpc) is 3.01. The van der Waals surface area contributed by atoms with E-state index in [0.717, 1.165) is 16.4 Å². The van der Waals surface area contributed by atoms with Gasteiger partial charge in [-0.25, -0.2) is 0 Å². The highest BCUT2D eigenvalue weighted by molar-refractivity contribution is 7.09. The van der Waals surface area contributed by atoms with Crippen molar-refractivity contribution < 1.29 is 14.3 Å². The van der Waals surface area contributed by atoms with Gasteiger partial charge in [0, 0.05) is 4.88 Å². The lowest BCUT2D eigenvalue weighted by Gasteiger charge is -2.08. The third kappa shape index (κ3) is 5.47. The normalized spacial score (nSPS) is 10.1. The van der Waals surface area contributed by atoms with Crippen molar-refractivity contribution in [2.45, 2.75) is 19.9 Å². The number of rotatable bonds is 8. The molecule has 1 N–H and O–H groups in total. The summed E-state index contributed by atoms with van der Waals surface area (Å²) in [5.74, 6) is 1.55. The van der Waals surface area contributed by atoms with Crippen LogP contribution < -0.4 is 14.8 Å². The van der Waals surface area contributed by atoms with Crippen molar-refractivity contribution in [1.82, 2.24) is 5.32 Å². The molecule has 0 saturated heterocycles. The first-order chi connectivity index (χ1) is 10.3. The molecule has 2 rings (SSSR count). The molecule has 1 amide bonds. The summed E-state index contributed by atoms with van der Waals surface area (Å²) >= 11 is 1.63. The Morgan fingerprint density at radius 1 is 1.14 bits per heavy atom. The molecule has 1 heterocycles. The SMILES string of the molecule is CCOc1ccc(OCCC(=O)NCc2cccs2)cc1. The molecule has 1 aromatic heterocycles. The molecule has 0 aliphatic carbocycles. The van der Waals surface area contributed by atoms with Gasteiger partial charge in [0.1, 0.15) is 11.5 Å². The summed E-state index contributed by atoms with van der Waals surface area (Å²) < 4.78 is 10.9. The summed E-state index contributed by atoms with van der Waals surface area (Å²) in [6, 6.07) is 11.4. The summed E-state index contributed by atoms with van der Waals surface area (Å²) in [4.78, 5) is 12.8. The van der Waals surface area contributed by atoms with Crippen LogP contribution in [0.1, 0.15) is 18.2 Å². The van der Waals surface area contributed by atoms with Crippen LogP contribution in [0.5, 0.6) is 11.5 Å². The molecule has 2 aromatic rings. The van der Waals surface area contributed by atoms with E-state index in [1.165, 1.54) is 0 Å². The highest BCUT2D eigenvalue weighted by Crippen LogP contribution is 2.17. The van der Waals surface area contributed by atoms with Crippen LogP contribution in [0, 0.1) is 0 Å². The van der Waals surface area contributed by atoms with Gasteiger partial charge < -0.3 is 14.8 Å². The van der Waals surface area contributed by atoms with Crippen LogP contribution in [0.15, 0.2) is 41.8 Å². The van der Waals surface area contributed by atoms with Crippen LogP contribution in [0.4, 0.5) is 0 Å². The van der Waals surface area contributed by atoms with Gasteiger partial charge in [0.15, 0.2) is 0 Å². The zero-order valence-corrected chi connectivity index (χ0v) is 12.8. The number of benzene rings is 1. The Balaban J connectivity index is 1.65. The molecule has 4 nitrogen and oxygen atoms in total. The van der Waals surface area contributed by atoms with E-state index in [9.17, 15) is 4.79 Å². The molecule has 5 heteroatoms. The van der Waals surface area contributed by atoms with Crippen molar-refractivity contribution in [2.75, 3.05) is 13.2 Å². The van der Waals surface area contributed by atoms with E-state index in [4.69, 9.17) is 9.47 Å². The summed E-state index contributed by atoms with van der Waals surface area (Å²) in [6.07, 6.45) is 0.346. The van der Waals surface area contributed by atoms with Crippen molar-refractivity contribution in [2.24, 2.45) is 0 Å². The number of carbonyl (C=O) groups excluding carboxylic acids is 1. The zero-order chi connectivity index (χ0) is 14.9. The standard InChI is InChI=1S/C16H19NO3S/c1-2-19-13-5-7-14(8-6-13)20-10-9-16(18)17-12-15-4-3-11-21-15/h3-8,11H,2,9-10,12H2,1H3,(H,17,18). The molecule has 0 bridgehead atoms. The van der Waals surface area contributed by atoms with Gasteiger partial charge in [-0.2, -0.15) is 0 Å². The predicted octanol–water partition coefficient (Wildman–Crippen LogP) is 3.23. The fraction of sp³-hybridized carbons (Fsp3) is 0.312. The molecule has 0 fully saturated rings. The van der Waals surface area contributed by atoms with E-state index in [-0.39, 0.29) is 5.91 Å². The molecule has 0 atom stereocenters. The number of carbonyl (C=O) groups is 1.